The van der Waals surface area contributed by atoms with Gasteiger partial charge in [0.25, 0.3) is 0 Å². The molecule has 0 aliphatic carbocycles. The molecule has 9 rings (SSSR count). The zero-order chi connectivity index (χ0) is 126. The third-order valence-corrected chi connectivity index (χ3v) is 13.1. The topological polar surface area (TPSA) is 222 Å². The summed E-state index contributed by atoms with van der Waals surface area (Å²) in [4.78, 5) is 42.9. The van der Waals surface area contributed by atoms with Gasteiger partial charge in [-0.25, -0.2) is 0 Å². The van der Waals surface area contributed by atoms with Gasteiger partial charge in [-0.2, -0.15) is 0 Å². The summed E-state index contributed by atoms with van der Waals surface area (Å²) < 4.78 is 628. The molecule has 3 saturated heterocycles. The zero-order valence-corrected chi connectivity index (χ0v) is 49.4. The number of carbonyl (C=O) groups is 3. The van der Waals surface area contributed by atoms with Crippen molar-refractivity contribution in [1.29, 1.82) is 0 Å². The van der Waals surface area contributed by atoms with Crippen LogP contribution < -0.4 is 45.6 Å². The lowest BCUT2D eigenvalue weighted by atomic mass is 9.79. The van der Waals surface area contributed by atoms with Crippen LogP contribution >= 0.6 is 0 Å². The highest BCUT2D eigenvalue weighted by Gasteiger charge is 2.45. The summed E-state index contributed by atoms with van der Waals surface area (Å²) in [5.41, 5.74) is 14.0. The van der Waals surface area contributed by atoms with Crippen molar-refractivity contribution in [2.75, 3.05) is 81.7 Å². The molecule has 3 aromatic carbocycles. The Morgan fingerprint density at radius 2 is 0.756 bits per heavy atom. The molecule has 3 fully saturated rings. The van der Waals surface area contributed by atoms with Crippen LogP contribution in [0.4, 0.5) is 0 Å². The lowest BCUT2D eigenvalue weighted by Crippen LogP contribution is -2.51. The van der Waals surface area contributed by atoms with E-state index in [-0.39, 0.29) is 22.6 Å². The predicted molar refractivity (Wildman–Crippen MR) is 353 cm³/mol. The summed E-state index contributed by atoms with van der Waals surface area (Å²) >= 11 is 0. The maximum Gasteiger partial charge on any atom is 0.323 e. The highest BCUT2D eigenvalue weighted by atomic mass is 16.6. The van der Waals surface area contributed by atoms with E-state index in [2.05, 4.69) is 0 Å². The lowest BCUT2D eigenvalue weighted by molar-refractivity contribution is -0.161. The van der Waals surface area contributed by atoms with Gasteiger partial charge in [0.15, 0.2) is 34.5 Å². The Balaban J connectivity index is 0.000000321. The molecule has 6 N–H and O–H groups in total. The van der Waals surface area contributed by atoms with Crippen LogP contribution in [0.15, 0.2) is 36.3 Å². The van der Waals surface area contributed by atoms with Crippen LogP contribution in [0.25, 0.3) is 0 Å². The van der Waals surface area contributed by atoms with Crippen LogP contribution in [0.2, 0.25) is 0 Å². The molecule has 504 valence electrons. The molecule has 0 radical (unpaired) electrons. The van der Waals surface area contributed by atoms with Gasteiger partial charge < -0.3 is 59.8 Å². The molecule has 6 aliphatic heterocycles. The molecule has 0 spiro atoms. The molecule has 18 heteroatoms. The van der Waals surface area contributed by atoms with E-state index in [1.54, 1.807) is 0 Å². The molecule has 0 aromatic heterocycles. The van der Waals surface area contributed by atoms with Crippen molar-refractivity contribution in [3.05, 3.63) is 69.6 Å². The molecule has 90 heavy (non-hydrogen) atoms. The van der Waals surface area contributed by atoms with Crippen molar-refractivity contribution in [3.8, 4) is 34.5 Å². The number of ether oxygens (including phenoxy) is 9. The Morgan fingerprint density at radius 3 is 1.00 bits per heavy atom. The Bertz CT molecular complexity index is 5760. The van der Waals surface area contributed by atoms with Crippen molar-refractivity contribution in [2.45, 2.75) is 194 Å². The van der Waals surface area contributed by atoms with Gasteiger partial charge in [-0.3, -0.25) is 29.1 Å². The first kappa shape index (κ1) is 23.2. The van der Waals surface area contributed by atoms with Crippen LogP contribution in [0.3, 0.4) is 0 Å². The molecule has 3 aromatic rings. The number of nitrogens with zero attached hydrogens (tertiary/aromatic N) is 3. The van der Waals surface area contributed by atoms with Crippen molar-refractivity contribution in [3.63, 3.8) is 0 Å². The van der Waals surface area contributed by atoms with Crippen molar-refractivity contribution < 1.29 is 152 Å². The molecule has 18 nitrogen and oxygen atoms in total. The monoisotopic (exact) mass is 1320 g/mol. The number of piperidine rings is 3. The van der Waals surface area contributed by atoms with Gasteiger partial charge in [0.2, 0.25) is 0 Å². The number of benzene rings is 3. The van der Waals surface area contributed by atoms with Gasteiger partial charge in [0.05, 0.1) is 63.1 Å². The van der Waals surface area contributed by atoms with Gasteiger partial charge in [0.1, 0.15) is 36.3 Å². The molecule has 12 unspecified atom stereocenters. The van der Waals surface area contributed by atoms with Crippen LogP contribution in [0.1, 0.15) is 267 Å². The van der Waals surface area contributed by atoms with E-state index in [4.69, 9.17) is 130 Å². The lowest BCUT2D eigenvalue weighted by Gasteiger charge is -2.47. The Hall–Kier alpha value is -5.37. The number of rotatable bonds is 21. The van der Waals surface area contributed by atoms with Crippen LogP contribution in [0, 0.1) is 53.0 Å². The molecule has 15 atom stereocenters. The summed E-state index contributed by atoms with van der Waals surface area (Å²) in [5, 5.41) is 0. The van der Waals surface area contributed by atoms with E-state index in [1.807, 2.05) is 0 Å². The first-order valence-corrected chi connectivity index (χ1v) is 26.4. The second-order valence-electron chi connectivity index (χ2n) is 19.2. The second-order valence-corrected chi connectivity index (χ2v) is 19.2. The normalized spacial score (nSPS) is 49.6. The first-order valence-electron chi connectivity index (χ1n) is 60.9. The number of hydrogen-bond donors (Lipinski definition) is 3. The fourth-order valence-electron chi connectivity index (χ4n) is 8.97. The molecule has 0 amide bonds. The SMILES string of the molecule is [2H]c1c2c(c([2H])c(OC)c1OC([2H])([2H])[2H])C1N(CC2)C([2H])([2H])C([2H])(C([2H])([2H])C([2H])(C)C([2H])([2H])[2H])C([2H])(OC(=O)[C@@]([2H])(N)C([2H])(C([2H])([2H])[2H])C([2H])([2H])[2H])C1([2H])[2H].[2H]c1c2c(c([2H])c(OC)c1OC)C1N(CC2)C([2H])([2H])C([2H])(C([2H])([2H])C([2H])(C)C([2H])([2H])[2H])C([2H])(OC(=O)[C@@]([2H])(N)C([2H])(C([2H])([2H])[2H])C([2H])([2H])[2H])C1([2H])[2H].[2H]c1c2c(c([2H])c(OC)c1OC)C1N(CC2)C([2H])([2H])C([2H])(C([2H])([2H])C([2H])(C)C([2H])([2H])[2H])C([2H])(OC(=O)[C@@]([2H])(N)C([2H])(C([2H])([2H])[2H])C([2H])([2H])[2H])C1([2H])[2H]. The third-order valence-electron chi connectivity index (χ3n) is 13.1. The smallest absolute Gasteiger partial charge is 0.323 e. The van der Waals surface area contributed by atoms with E-state index >= 15 is 0 Å². The second kappa shape index (κ2) is 32.5. The van der Waals surface area contributed by atoms with Gasteiger partial charge in [-0.15, -0.1) is 0 Å². The fourth-order valence-corrected chi connectivity index (χ4v) is 8.97. The van der Waals surface area contributed by atoms with Crippen LogP contribution in [-0.4, -0.2) is 151 Å². The minimum absolute atomic E-state index is 0.200. The van der Waals surface area contributed by atoms with E-state index in [9.17, 15) is 39.1 Å². The highest BCUT2D eigenvalue weighted by Crippen LogP contribution is 2.48. The minimum atomic E-state index is -4.71. The molecule has 6 heterocycles. The third kappa shape index (κ3) is 17.5. The molecule has 0 saturated carbocycles. The predicted octanol–water partition coefficient (Wildman–Crippen LogP) is 10.7. The van der Waals surface area contributed by atoms with Crippen molar-refractivity contribution >= 4 is 17.9 Å². The standard InChI is InChI=1S/3C24H38N2O4/c3*1-14(2)9-17-13-26-8-7-16-10-21(28-5)22(29-6)11-18(16)19(26)12-20(17)30-24(27)23(25)15(3)4/h3*10-11,14-15,17,19-20,23H,7-9,12-13,25H2,1-6H3/t3*17?,19?,20?,23-/m000/s1/i1D3,3D3,4D3,5D3,9D2,10D,11D,12D2,13D2,14D,15D,17D,20D,23D;2*1D3,3D3,4D3,9D2,10D,11D,12D2,13D2,14D,15D,17D,20D,23D/t3*14?,17?,19?,20?,23-. The van der Waals surface area contributed by atoms with E-state index in [0.29, 0.717) is 35.5 Å². The summed E-state index contributed by atoms with van der Waals surface area (Å²) in [6.07, 6.45) is -40.6. The maximum atomic E-state index is 13.9. The van der Waals surface area contributed by atoms with Crippen LogP contribution in [0.5, 0.6) is 34.5 Å². The number of fused-ring (bicyclic) bond motifs is 9. The Labute approximate surface area is 636 Å². The number of carbonyl (C=O) groups excluding carboxylic acids is 3. The minimum Gasteiger partial charge on any atom is -0.493 e. The summed E-state index contributed by atoms with van der Waals surface area (Å²) in [6.45, 7) is -49.5. The maximum absolute atomic E-state index is 13.9. The number of nitrogens with two attached hydrogens (primary N) is 3. The fraction of sp³-hybridized carbons (Fsp3) is 0.708. The van der Waals surface area contributed by atoms with Gasteiger partial charge in [-0.1, -0.05) is 82.4 Å². The molecular weight excluding hydrogens is 1140 g/mol. The Kier molecular flexibility index (Phi) is 8.38. The quantitative estimate of drug-likeness (QED) is 0.0666. The molecule has 6 aliphatic rings. The number of methoxy groups -OCH3 is 6. The highest BCUT2D eigenvalue weighted by molar-refractivity contribution is 5.77. The zero-order valence-electron chi connectivity index (χ0n) is 118. The average Bonchev–Trinajstić information content (AvgIpc) is 0.653. The summed E-state index contributed by atoms with van der Waals surface area (Å²) in [5.74, 6) is -49.3. The van der Waals surface area contributed by atoms with Crippen molar-refractivity contribution in [2.24, 2.45) is 70.2 Å². The number of esters is 3. The molecule has 0 bridgehead atoms. The molecular formula is C72H114N6O12. The van der Waals surface area contributed by atoms with Gasteiger partial charge in [-0.05, 0) is 143 Å². The van der Waals surface area contributed by atoms with E-state index in [1.165, 1.54) is 0 Å². The number of hydrogen-bond acceptors (Lipinski definition) is 18. The van der Waals surface area contributed by atoms with Gasteiger partial charge in [0, 0.05) is 168 Å². The average molecular weight is 1330 g/mol. The summed E-state index contributed by atoms with van der Waals surface area (Å²) in [6, 6.07) is -25.1. The van der Waals surface area contributed by atoms with Gasteiger partial charge >= 0.3 is 17.9 Å². The van der Waals surface area contributed by atoms with Crippen LogP contribution in [-0.2, 0) is 47.9 Å². The largest absolute Gasteiger partial charge is 0.493 e. The van der Waals surface area contributed by atoms with E-state index < -0.39 is 372 Å². The van der Waals surface area contributed by atoms with Crippen molar-refractivity contribution in [1.82, 2.24) is 14.7 Å². The Morgan fingerprint density at radius 1 is 0.489 bits per heavy atom. The summed E-state index contributed by atoms with van der Waals surface area (Å²) in [7, 11) is 1.94. The van der Waals surface area contributed by atoms with E-state index in [0.717, 1.165) is 35.5 Å². The first-order chi connectivity index (χ1) is 69.6.